The zero-order valence-electron chi connectivity index (χ0n) is 10.3. The molecule has 1 rings (SSSR count). The molecule has 0 bridgehead atoms. The van der Waals surface area contributed by atoms with Gasteiger partial charge in [0.25, 0.3) is 0 Å². The van der Waals surface area contributed by atoms with Gasteiger partial charge in [0.2, 0.25) is 0 Å². The van der Waals surface area contributed by atoms with Gasteiger partial charge in [0.1, 0.15) is 6.29 Å². The number of carbonyl (C=O) groups excluding carboxylic acids is 2. The van der Waals surface area contributed by atoms with Crippen molar-refractivity contribution in [1.29, 1.82) is 0 Å². The lowest BCUT2D eigenvalue weighted by Gasteiger charge is -2.13. The summed E-state index contributed by atoms with van der Waals surface area (Å²) in [5.41, 5.74) is 0. The molecule has 17 heavy (non-hydrogen) atoms. The molecule has 3 nitrogen and oxygen atoms in total. The molecule has 0 aromatic carbocycles. The Morgan fingerprint density at radius 2 is 2.29 bits per heavy atom. The van der Waals surface area contributed by atoms with E-state index in [9.17, 15) is 9.59 Å². The third-order valence-electron chi connectivity index (χ3n) is 2.49. The van der Waals surface area contributed by atoms with Gasteiger partial charge in [-0.1, -0.05) is 0 Å². The molecular weight excluding hydrogens is 236 g/mol. The van der Waals surface area contributed by atoms with Crippen molar-refractivity contribution in [1.82, 2.24) is 0 Å². The summed E-state index contributed by atoms with van der Waals surface area (Å²) in [6, 6.07) is 3.98. The van der Waals surface area contributed by atoms with Crippen molar-refractivity contribution >= 4 is 23.6 Å². The van der Waals surface area contributed by atoms with Crippen molar-refractivity contribution in [2.75, 3.05) is 6.61 Å². The molecule has 0 radical (unpaired) electrons. The zero-order chi connectivity index (χ0) is 12.7. The van der Waals surface area contributed by atoms with Gasteiger partial charge in [-0.25, -0.2) is 0 Å². The number of aldehydes is 1. The number of aryl methyl sites for hydroxylation is 1. The highest BCUT2D eigenvalue weighted by Gasteiger charge is 2.22. The summed E-state index contributed by atoms with van der Waals surface area (Å²) in [6.07, 6.45) is 2.80. The maximum absolute atomic E-state index is 11.8. The third-order valence-corrected chi connectivity index (χ3v) is 3.60. The molecule has 1 unspecified atom stereocenters. The Bertz CT molecular complexity index is 370. The summed E-state index contributed by atoms with van der Waals surface area (Å²) in [5.74, 6) is -0.395. The van der Waals surface area contributed by atoms with Crippen LogP contribution in [0.4, 0.5) is 0 Å². The Balaban J connectivity index is 2.71. The molecule has 0 aliphatic carbocycles. The van der Waals surface area contributed by atoms with Crippen LogP contribution >= 0.6 is 11.3 Å². The number of carbonyl (C=O) groups is 2. The lowest BCUT2D eigenvalue weighted by Crippen LogP contribution is -2.15. The smallest absolute Gasteiger partial charge is 0.314 e. The van der Waals surface area contributed by atoms with Crippen molar-refractivity contribution in [3.8, 4) is 0 Å². The summed E-state index contributed by atoms with van der Waals surface area (Å²) >= 11 is 1.62. The average Bonchev–Trinajstić information content (AvgIpc) is 2.71. The Labute approximate surface area is 106 Å². The number of unbranched alkanes of at least 4 members (excludes halogenated alkanes) is 1. The van der Waals surface area contributed by atoms with Gasteiger partial charge in [0, 0.05) is 16.2 Å². The lowest BCUT2D eigenvalue weighted by molar-refractivity contribution is -0.145. The molecule has 0 amide bonds. The monoisotopic (exact) mass is 254 g/mol. The fraction of sp³-hybridized carbons (Fsp3) is 0.538. The Hall–Kier alpha value is -1.16. The van der Waals surface area contributed by atoms with Crippen LogP contribution in [-0.2, 0) is 14.3 Å². The quantitative estimate of drug-likeness (QED) is 0.426. The van der Waals surface area contributed by atoms with Crippen molar-refractivity contribution in [2.45, 2.75) is 39.0 Å². The van der Waals surface area contributed by atoms with Crippen molar-refractivity contribution in [2.24, 2.45) is 0 Å². The maximum Gasteiger partial charge on any atom is 0.314 e. The summed E-state index contributed by atoms with van der Waals surface area (Å²) in [7, 11) is 0. The second-order valence-electron chi connectivity index (χ2n) is 3.85. The Morgan fingerprint density at radius 1 is 1.53 bits per heavy atom. The van der Waals surface area contributed by atoms with Crippen molar-refractivity contribution < 1.29 is 14.3 Å². The van der Waals surface area contributed by atoms with Gasteiger partial charge in [-0.2, -0.15) is 0 Å². The van der Waals surface area contributed by atoms with Crippen LogP contribution in [0, 0.1) is 6.92 Å². The van der Waals surface area contributed by atoms with E-state index in [4.69, 9.17) is 4.74 Å². The predicted molar refractivity (Wildman–Crippen MR) is 68.3 cm³/mol. The number of esters is 1. The van der Waals surface area contributed by atoms with E-state index in [2.05, 4.69) is 0 Å². The molecule has 1 aromatic rings. The normalized spacial score (nSPS) is 12.1. The highest BCUT2D eigenvalue weighted by atomic mass is 32.1. The van der Waals surface area contributed by atoms with Crippen LogP contribution in [0.1, 0.15) is 41.9 Å². The summed E-state index contributed by atoms with van der Waals surface area (Å²) in [5, 5.41) is 0. The van der Waals surface area contributed by atoms with Crippen LogP contribution in [0.25, 0.3) is 0 Å². The number of hydrogen-bond acceptors (Lipinski definition) is 4. The molecule has 0 saturated carbocycles. The van der Waals surface area contributed by atoms with E-state index < -0.39 is 0 Å². The number of ether oxygens (including phenoxy) is 1. The molecule has 1 heterocycles. The second-order valence-corrected chi connectivity index (χ2v) is 5.17. The first-order valence-corrected chi connectivity index (χ1v) is 6.67. The van der Waals surface area contributed by atoms with Gasteiger partial charge in [-0.05, 0) is 38.8 Å². The molecule has 4 heteroatoms. The van der Waals surface area contributed by atoms with Crippen molar-refractivity contribution in [3.63, 3.8) is 0 Å². The maximum atomic E-state index is 11.8. The van der Waals surface area contributed by atoms with Crippen LogP contribution in [-0.4, -0.2) is 18.9 Å². The topological polar surface area (TPSA) is 43.4 Å². The Morgan fingerprint density at radius 3 is 2.82 bits per heavy atom. The third kappa shape index (κ3) is 4.30. The Kier molecular flexibility index (Phi) is 5.91. The van der Waals surface area contributed by atoms with Crippen molar-refractivity contribution in [3.05, 3.63) is 21.9 Å². The van der Waals surface area contributed by atoms with E-state index in [1.165, 1.54) is 4.88 Å². The van der Waals surface area contributed by atoms with Gasteiger partial charge >= 0.3 is 5.97 Å². The van der Waals surface area contributed by atoms with E-state index in [-0.39, 0.29) is 11.9 Å². The van der Waals surface area contributed by atoms with Crippen LogP contribution in [0.3, 0.4) is 0 Å². The minimum Gasteiger partial charge on any atom is -0.465 e. The molecule has 1 atom stereocenters. The highest BCUT2D eigenvalue weighted by molar-refractivity contribution is 7.12. The average molecular weight is 254 g/mol. The zero-order valence-corrected chi connectivity index (χ0v) is 11.1. The fourth-order valence-electron chi connectivity index (χ4n) is 1.67. The molecular formula is C13H18O3S. The first kappa shape index (κ1) is 13.9. The minimum absolute atomic E-state index is 0.180. The molecule has 0 aliphatic heterocycles. The second kappa shape index (κ2) is 7.22. The summed E-state index contributed by atoms with van der Waals surface area (Å²) in [4.78, 5) is 24.4. The first-order chi connectivity index (χ1) is 8.19. The first-order valence-electron chi connectivity index (χ1n) is 5.85. The minimum atomic E-state index is -0.214. The molecule has 1 aromatic heterocycles. The predicted octanol–water partition coefficient (Wildman–Crippen LogP) is 3.07. The van der Waals surface area contributed by atoms with Crippen LogP contribution in [0.2, 0.25) is 0 Å². The molecule has 0 saturated heterocycles. The largest absolute Gasteiger partial charge is 0.465 e. The number of hydrogen-bond donors (Lipinski definition) is 0. The van der Waals surface area contributed by atoms with Gasteiger partial charge < -0.3 is 9.53 Å². The number of rotatable bonds is 7. The fourth-order valence-corrected chi connectivity index (χ4v) is 2.67. The van der Waals surface area contributed by atoms with Crippen LogP contribution in [0.5, 0.6) is 0 Å². The molecule has 0 fully saturated rings. The van der Waals surface area contributed by atoms with Gasteiger partial charge in [0.05, 0.1) is 12.5 Å². The summed E-state index contributed by atoms with van der Waals surface area (Å²) in [6.45, 7) is 4.22. The van der Waals surface area contributed by atoms with E-state index >= 15 is 0 Å². The van der Waals surface area contributed by atoms with Gasteiger partial charge in [-0.3, -0.25) is 4.79 Å². The molecule has 0 N–H and O–H groups in total. The molecule has 0 spiro atoms. The van der Waals surface area contributed by atoms with E-state index in [0.717, 1.165) is 17.6 Å². The van der Waals surface area contributed by atoms with Gasteiger partial charge in [-0.15, -0.1) is 11.3 Å². The SMILES string of the molecule is CCOC(=O)C(CCCC=O)c1ccc(C)s1. The standard InChI is InChI=1S/C13H18O3S/c1-3-16-13(15)11(6-4-5-9-14)12-8-7-10(2)17-12/h7-9,11H,3-6H2,1-2H3. The highest BCUT2D eigenvalue weighted by Crippen LogP contribution is 2.29. The van der Waals surface area contributed by atoms with Gasteiger partial charge in [0.15, 0.2) is 0 Å². The number of thiophene rings is 1. The summed E-state index contributed by atoms with van der Waals surface area (Å²) < 4.78 is 5.08. The molecule has 0 aliphatic rings. The van der Waals surface area contributed by atoms with E-state index in [1.54, 1.807) is 18.3 Å². The van der Waals surface area contributed by atoms with Crippen LogP contribution < -0.4 is 0 Å². The molecule has 94 valence electrons. The van der Waals surface area contributed by atoms with Crippen LogP contribution in [0.15, 0.2) is 12.1 Å². The van der Waals surface area contributed by atoms with E-state index in [1.807, 2.05) is 19.1 Å². The lowest BCUT2D eigenvalue weighted by atomic mass is 10.0. The van der Waals surface area contributed by atoms with E-state index in [0.29, 0.717) is 19.4 Å².